The Morgan fingerprint density at radius 1 is 0.878 bits per heavy atom. The summed E-state index contributed by atoms with van der Waals surface area (Å²) < 4.78 is 5.52. The van der Waals surface area contributed by atoms with Gasteiger partial charge in [-0.2, -0.15) is 0 Å². The molecule has 1 aliphatic rings. The highest BCUT2D eigenvalue weighted by molar-refractivity contribution is 5.95. The zero-order valence-electron chi connectivity index (χ0n) is 22.9. The van der Waals surface area contributed by atoms with Crippen LogP contribution in [-0.2, 0) is 4.74 Å². The van der Waals surface area contributed by atoms with Crippen LogP contribution in [-0.4, -0.2) is 63.3 Å². The van der Waals surface area contributed by atoms with Crippen LogP contribution in [0, 0.1) is 6.92 Å². The molecular weight excluding hydrogens is 514 g/mol. The highest BCUT2D eigenvalue weighted by atomic mass is 16.5. The summed E-state index contributed by atoms with van der Waals surface area (Å²) >= 11 is 0. The van der Waals surface area contributed by atoms with Crippen molar-refractivity contribution < 1.29 is 4.74 Å². The molecule has 6 aromatic rings. The van der Waals surface area contributed by atoms with Crippen molar-refractivity contribution in [3.63, 3.8) is 0 Å². The van der Waals surface area contributed by atoms with Crippen LogP contribution >= 0.6 is 0 Å². The van der Waals surface area contributed by atoms with Gasteiger partial charge in [-0.3, -0.25) is 15.0 Å². The van der Waals surface area contributed by atoms with Crippen LogP contribution in [0.5, 0.6) is 0 Å². The van der Waals surface area contributed by atoms with E-state index < -0.39 is 0 Å². The zero-order valence-corrected chi connectivity index (χ0v) is 22.9. The second kappa shape index (κ2) is 10.5. The molecule has 5 aromatic heterocycles. The molecule has 0 atom stereocenters. The number of nitrogens with zero attached hydrogens (tertiary/aromatic N) is 7. The summed E-state index contributed by atoms with van der Waals surface area (Å²) in [5.74, 6) is 0.670. The maximum Gasteiger partial charge on any atom is 0.178 e. The van der Waals surface area contributed by atoms with Crippen molar-refractivity contribution in [2.75, 3.05) is 48.5 Å². The van der Waals surface area contributed by atoms with Crippen molar-refractivity contribution in [3.05, 3.63) is 85.1 Å². The summed E-state index contributed by atoms with van der Waals surface area (Å²) in [4.78, 5) is 30.6. The van der Waals surface area contributed by atoms with Gasteiger partial charge in [-0.1, -0.05) is 0 Å². The summed E-state index contributed by atoms with van der Waals surface area (Å²) in [6, 6.07) is 18.4. The molecule has 1 aromatic carbocycles. The van der Waals surface area contributed by atoms with Crippen molar-refractivity contribution >= 4 is 50.5 Å². The van der Waals surface area contributed by atoms with Crippen molar-refractivity contribution in [2.45, 2.75) is 6.92 Å². The molecule has 6 heterocycles. The molecule has 204 valence electrons. The van der Waals surface area contributed by atoms with Gasteiger partial charge in [0, 0.05) is 60.7 Å². The van der Waals surface area contributed by atoms with Gasteiger partial charge in [0.2, 0.25) is 0 Å². The highest BCUT2D eigenvalue weighted by Crippen LogP contribution is 2.30. The van der Waals surface area contributed by atoms with E-state index in [-0.39, 0.29) is 0 Å². The van der Waals surface area contributed by atoms with E-state index in [2.05, 4.69) is 63.2 Å². The predicted octanol–water partition coefficient (Wildman–Crippen LogP) is 5.62. The first kappa shape index (κ1) is 24.9. The van der Waals surface area contributed by atoms with Crippen LogP contribution in [0.25, 0.3) is 33.6 Å². The number of ether oxygens (including phenoxy) is 1. The SMILES string of the molecule is Cc1cc(N(C)c2cnc3nc(-c4ccc(Nc5ccnc6ccc(N7CCOCC7)cc56)cn4)[nH]c3c2)ccn1. The fourth-order valence-corrected chi connectivity index (χ4v) is 5.11. The van der Waals surface area contributed by atoms with Crippen molar-refractivity contribution in [1.82, 2.24) is 29.9 Å². The number of aromatic nitrogens is 6. The van der Waals surface area contributed by atoms with Crippen LogP contribution < -0.4 is 15.1 Å². The van der Waals surface area contributed by atoms with Crippen molar-refractivity contribution in [3.8, 4) is 11.5 Å². The summed E-state index contributed by atoms with van der Waals surface area (Å²) in [6.45, 7) is 5.26. The molecule has 1 fully saturated rings. The number of H-pyrrole nitrogens is 1. The topological polar surface area (TPSA) is 108 Å². The van der Waals surface area contributed by atoms with Gasteiger partial charge in [0.25, 0.3) is 0 Å². The molecule has 10 heteroatoms. The van der Waals surface area contributed by atoms with Crippen LogP contribution in [0.3, 0.4) is 0 Å². The van der Waals surface area contributed by atoms with E-state index in [4.69, 9.17) is 4.74 Å². The van der Waals surface area contributed by atoms with E-state index in [1.807, 2.05) is 75.2 Å². The number of nitrogens with one attached hydrogen (secondary N) is 2. The molecule has 0 unspecified atom stereocenters. The molecule has 0 aliphatic carbocycles. The Labute approximate surface area is 237 Å². The molecule has 10 nitrogen and oxygen atoms in total. The summed E-state index contributed by atoms with van der Waals surface area (Å²) in [5, 5.41) is 4.58. The summed E-state index contributed by atoms with van der Waals surface area (Å²) in [5.41, 5.74) is 9.16. The zero-order chi connectivity index (χ0) is 27.8. The van der Waals surface area contributed by atoms with Crippen molar-refractivity contribution in [2.24, 2.45) is 0 Å². The molecular formula is C31H29N9O. The maximum absolute atomic E-state index is 5.52. The first-order chi connectivity index (χ1) is 20.1. The van der Waals surface area contributed by atoms with Gasteiger partial charge in [-0.25, -0.2) is 9.97 Å². The molecule has 1 saturated heterocycles. The standard InChI is InChI=1S/C31H29N9O/c1-20-15-22(7-9-32-20)39(2)24-17-29-30(35-19-24)38-31(37-29)28-5-3-21(18-34-28)36-27-8-10-33-26-6-4-23(16-25(26)27)40-11-13-41-14-12-40/h3-10,15-19H,11-14H2,1-2H3,(H,33,36)(H,35,37,38). The number of aryl methyl sites for hydroxylation is 1. The highest BCUT2D eigenvalue weighted by Gasteiger charge is 2.14. The first-order valence-electron chi connectivity index (χ1n) is 13.6. The third-order valence-electron chi connectivity index (χ3n) is 7.36. The number of hydrogen-bond acceptors (Lipinski definition) is 9. The summed E-state index contributed by atoms with van der Waals surface area (Å²) in [6.07, 6.45) is 7.28. The fraction of sp³-hybridized carbons (Fsp3) is 0.194. The molecule has 0 spiro atoms. The average molecular weight is 544 g/mol. The molecule has 2 N–H and O–H groups in total. The number of fused-ring (bicyclic) bond motifs is 2. The number of aromatic amines is 1. The van der Waals surface area contributed by atoms with Crippen LogP contribution in [0.2, 0.25) is 0 Å². The lowest BCUT2D eigenvalue weighted by Crippen LogP contribution is -2.36. The molecule has 41 heavy (non-hydrogen) atoms. The molecule has 0 bridgehead atoms. The van der Waals surface area contributed by atoms with Crippen molar-refractivity contribution in [1.29, 1.82) is 0 Å². The minimum atomic E-state index is 0.645. The number of pyridine rings is 4. The maximum atomic E-state index is 5.52. The third-order valence-corrected chi connectivity index (χ3v) is 7.36. The normalized spacial score (nSPS) is 13.6. The largest absolute Gasteiger partial charge is 0.378 e. The van der Waals surface area contributed by atoms with E-state index in [0.717, 1.165) is 76.9 Å². The van der Waals surface area contributed by atoms with Gasteiger partial charge >= 0.3 is 0 Å². The van der Waals surface area contributed by atoms with Gasteiger partial charge in [0.05, 0.1) is 48.0 Å². The van der Waals surface area contributed by atoms with E-state index in [9.17, 15) is 0 Å². The lowest BCUT2D eigenvalue weighted by Gasteiger charge is -2.29. The number of benzene rings is 1. The molecule has 7 rings (SSSR count). The minimum Gasteiger partial charge on any atom is -0.378 e. The van der Waals surface area contributed by atoms with Gasteiger partial charge < -0.3 is 24.8 Å². The Kier molecular flexibility index (Phi) is 6.36. The second-order valence-corrected chi connectivity index (χ2v) is 10.1. The van der Waals surface area contributed by atoms with Gasteiger partial charge in [0.15, 0.2) is 11.5 Å². The van der Waals surface area contributed by atoms with Crippen LogP contribution in [0.1, 0.15) is 5.69 Å². The molecule has 0 radical (unpaired) electrons. The number of rotatable bonds is 6. The van der Waals surface area contributed by atoms with E-state index >= 15 is 0 Å². The number of anilines is 5. The quantitative estimate of drug-likeness (QED) is 0.277. The first-order valence-corrected chi connectivity index (χ1v) is 13.6. The Morgan fingerprint density at radius 2 is 1.76 bits per heavy atom. The third kappa shape index (κ3) is 5.01. The Balaban J connectivity index is 1.12. The molecule has 1 aliphatic heterocycles. The number of imidazole rings is 1. The lowest BCUT2D eigenvalue weighted by atomic mass is 10.1. The van der Waals surface area contributed by atoms with E-state index in [1.165, 1.54) is 5.69 Å². The van der Waals surface area contributed by atoms with Crippen LogP contribution in [0.15, 0.2) is 79.4 Å². The van der Waals surface area contributed by atoms with Gasteiger partial charge in [-0.15, -0.1) is 0 Å². The Bertz CT molecular complexity index is 1850. The number of hydrogen-bond donors (Lipinski definition) is 2. The monoisotopic (exact) mass is 543 g/mol. The van der Waals surface area contributed by atoms with E-state index in [1.54, 1.807) is 0 Å². The number of morpholine rings is 1. The smallest absolute Gasteiger partial charge is 0.178 e. The molecule has 0 saturated carbocycles. The summed E-state index contributed by atoms with van der Waals surface area (Å²) in [7, 11) is 2.01. The van der Waals surface area contributed by atoms with Gasteiger partial charge in [-0.05, 0) is 61.5 Å². The predicted molar refractivity (Wildman–Crippen MR) is 162 cm³/mol. The lowest BCUT2D eigenvalue weighted by molar-refractivity contribution is 0.122. The van der Waals surface area contributed by atoms with E-state index in [0.29, 0.717) is 11.5 Å². The fourth-order valence-electron chi connectivity index (χ4n) is 5.11. The van der Waals surface area contributed by atoms with Gasteiger partial charge in [0.1, 0.15) is 5.69 Å². The van der Waals surface area contributed by atoms with Crippen LogP contribution in [0.4, 0.5) is 28.4 Å². The Hall–Kier alpha value is -5.09. The molecule has 0 amide bonds. The second-order valence-electron chi connectivity index (χ2n) is 10.1. The Morgan fingerprint density at radius 3 is 2.59 bits per heavy atom. The average Bonchev–Trinajstić information content (AvgIpc) is 3.45. The minimum absolute atomic E-state index is 0.645.